The first-order valence-electron chi connectivity index (χ1n) is 7.13. The monoisotopic (exact) mass is 367 g/mol. The van der Waals surface area contributed by atoms with Crippen molar-refractivity contribution in [3.05, 3.63) is 82.7 Å². The molecule has 0 aliphatic carbocycles. The molecule has 2 aromatic heterocycles. The van der Waals surface area contributed by atoms with E-state index >= 15 is 0 Å². The molecule has 0 saturated carbocycles. The van der Waals surface area contributed by atoms with Crippen LogP contribution in [0.2, 0.25) is 0 Å². The third-order valence-electron chi connectivity index (χ3n) is 3.40. The van der Waals surface area contributed by atoms with Gasteiger partial charge in [0.15, 0.2) is 0 Å². The van der Waals surface area contributed by atoms with E-state index in [0.29, 0.717) is 12.1 Å². The van der Waals surface area contributed by atoms with Gasteiger partial charge < -0.3 is 5.32 Å². The van der Waals surface area contributed by atoms with Crippen molar-refractivity contribution in [2.24, 2.45) is 0 Å². The number of benzene rings is 1. The summed E-state index contributed by atoms with van der Waals surface area (Å²) in [7, 11) is 0. The molecular formula is C18H14BrN3O. The predicted octanol–water partition coefficient (Wildman–Crippen LogP) is 3.84. The van der Waals surface area contributed by atoms with Gasteiger partial charge in [-0.1, -0.05) is 18.2 Å². The molecule has 0 atom stereocenters. The van der Waals surface area contributed by atoms with Gasteiger partial charge in [0.2, 0.25) is 0 Å². The Labute approximate surface area is 142 Å². The lowest BCUT2D eigenvalue weighted by Crippen LogP contribution is -2.23. The molecule has 3 rings (SSSR count). The minimum absolute atomic E-state index is 0.123. The zero-order valence-corrected chi connectivity index (χ0v) is 13.8. The van der Waals surface area contributed by atoms with Crippen molar-refractivity contribution in [1.29, 1.82) is 0 Å². The van der Waals surface area contributed by atoms with E-state index in [2.05, 4.69) is 31.2 Å². The number of halogens is 1. The van der Waals surface area contributed by atoms with Gasteiger partial charge in [0.1, 0.15) is 0 Å². The molecule has 0 bridgehead atoms. The van der Waals surface area contributed by atoms with Crippen molar-refractivity contribution in [2.45, 2.75) is 6.54 Å². The first-order valence-corrected chi connectivity index (χ1v) is 7.92. The molecule has 2 heterocycles. The molecule has 0 aliphatic heterocycles. The van der Waals surface area contributed by atoms with Crippen LogP contribution in [0.1, 0.15) is 15.9 Å². The molecule has 4 nitrogen and oxygen atoms in total. The summed E-state index contributed by atoms with van der Waals surface area (Å²) < 4.78 is 0.776. The van der Waals surface area contributed by atoms with Crippen molar-refractivity contribution in [2.75, 3.05) is 0 Å². The third-order valence-corrected chi connectivity index (χ3v) is 4.09. The van der Waals surface area contributed by atoms with Crippen LogP contribution in [0, 0.1) is 0 Å². The molecule has 0 saturated heterocycles. The minimum atomic E-state index is -0.123. The van der Waals surface area contributed by atoms with Crippen LogP contribution in [-0.2, 0) is 6.54 Å². The fraction of sp³-hybridized carbons (Fsp3) is 0.0556. The Hall–Kier alpha value is -2.53. The fourth-order valence-corrected chi connectivity index (χ4v) is 2.73. The molecule has 0 fully saturated rings. The highest BCUT2D eigenvalue weighted by Crippen LogP contribution is 2.20. The summed E-state index contributed by atoms with van der Waals surface area (Å²) in [6.45, 7) is 0.408. The number of carbonyl (C=O) groups is 1. The van der Waals surface area contributed by atoms with E-state index in [1.54, 1.807) is 24.7 Å². The SMILES string of the molecule is O=C(NCc1cccnc1-c1ccncc1)c1ccccc1Br. The van der Waals surface area contributed by atoms with E-state index in [0.717, 1.165) is 21.3 Å². The molecule has 0 aliphatic rings. The number of amides is 1. The standard InChI is InChI=1S/C18H14BrN3O/c19-16-6-2-1-5-15(16)18(23)22-12-14-4-3-9-21-17(14)13-7-10-20-11-8-13/h1-11H,12H2,(H,22,23). The highest BCUT2D eigenvalue weighted by molar-refractivity contribution is 9.10. The molecular weight excluding hydrogens is 354 g/mol. The van der Waals surface area contributed by atoms with Gasteiger partial charge in [-0.2, -0.15) is 0 Å². The highest BCUT2D eigenvalue weighted by Gasteiger charge is 2.11. The molecule has 0 radical (unpaired) electrons. The Morgan fingerprint density at radius 3 is 2.57 bits per heavy atom. The first-order chi connectivity index (χ1) is 11.3. The number of pyridine rings is 2. The summed E-state index contributed by atoms with van der Waals surface area (Å²) in [6, 6.07) is 15.0. The van der Waals surface area contributed by atoms with Gasteiger partial charge in [-0.15, -0.1) is 0 Å². The normalized spacial score (nSPS) is 10.3. The van der Waals surface area contributed by atoms with Gasteiger partial charge >= 0.3 is 0 Å². The van der Waals surface area contributed by atoms with Gasteiger partial charge in [-0.3, -0.25) is 14.8 Å². The molecule has 0 unspecified atom stereocenters. The van der Waals surface area contributed by atoms with Gasteiger partial charge in [0, 0.05) is 35.2 Å². The predicted molar refractivity (Wildman–Crippen MR) is 92.8 cm³/mol. The van der Waals surface area contributed by atoms with Crippen molar-refractivity contribution < 1.29 is 4.79 Å². The molecule has 0 spiro atoms. The van der Waals surface area contributed by atoms with Crippen LogP contribution in [-0.4, -0.2) is 15.9 Å². The number of nitrogens with zero attached hydrogens (tertiary/aromatic N) is 2. The van der Waals surface area contributed by atoms with Crippen molar-refractivity contribution in [3.8, 4) is 11.3 Å². The highest BCUT2D eigenvalue weighted by atomic mass is 79.9. The van der Waals surface area contributed by atoms with Crippen molar-refractivity contribution in [3.63, 3.8) is 0 Å². The molecule has 23 heavy (non-hydrogen) atoms. The lowest BCUT2D eigenvalue weighted by molar-refractivity contribution is 0.0950. The summed E-state index contributed by atoms with van der Waals surface area (Å²) in [5.74, 6) is -0.123. The van der Waals surface area contributed by atoms with E-state index < -0.39 is 0 Å². The number of carbonyl (C=O) groups excluding carboxylic acids is 1. The van der Waals surface area contributed by atoms with E-state index in [9.17, 15) is 4.79 Å². The zero-order chi connectivity index (χ0) is 16.1. The Kier molecular flexibility index (Phi) is 4.78. The molecule has 3 aromatic rings. The summed E-state index contributed by atoms with van der Waals surface area (Å²) in [6.07, 6.45) is 5.20. The van der Waals surface area contributed by atoms with Crippen LogP contribution in [0.4, 0.5) is 0 Å². The second-order valence-electron chi connectivity index (χ2n) is 4.91. The maximum absolute atomic E-state index is 12.3. The Balaban J connectivity index is 1.79. The Bertz CT molecular complexity index is 821. The van der Waals surface area contributed by atoms with Gasteiger partial charge in [0.05, 0.1) is 11.3 Å². The Morgan fingerprint density at radius 1 is 1.00 bits per heavy atom. The van der Waals surface area contributed by atoms with Gasteiger partial charge in [-0.25, -0.2) is 0 Å². The maximum atomic E-state index is 12.3. The summed E-state index contributed by atoms with van der Waals surface area (Å²) in [4.78, 5) is 20.8. The number of hydrogen-bond acceptors (Lipinski definition) is 3. The first kappa shape index (κ1) is 15.4. The van der Waals surface area contributed by atoms with E-state index in [1.807, 2.05) is 42.5 Å². The largest absolute Gasteiger partial charge is 0.348 e. The smallest absolute Gasteiger partial charge is 0.252 e. The maximum Gasteiger partial charge on any atom is 0.252 e. The molecule has 1 amide bonds. The lowest BCUT2D eigenvalue weighted by Gasteiger charge is -2.10. The van der Waals surface area contributed by atoms with Crippen LogP contribution in [0.15, 0.2) is 71.6 Å². The molecule has 1 N–H and O–H groups in total. The van der Waals surface area contributed by atoms with Crippen LogP contribution in [0.5, 0.6) is 0 Å². The van der Waals surface area contributed by atoms with Gasteiger partial charge in [-0.05, 0) is 51.8 Å². The second-order valence-corrected chi connectivity index (χ2v) is 5.76. The average Bonchev–Trinajstić information content (AvgIpc) is 2.61. The molecule has 1 aromatic carbocycles. The second kappa shape index (κ2) is 7.15. The number of nitrogens with one attached hydrogen (secondary N) is 1. The summed E-state index contributed by atoms with van der Waals surface area (Å²) >= 11 is 3.39. The number of hydrogen-bond donors (Lipinski definition) is 1. The number of aromatic nitrogens is 2. The van der Waals surface area contributed by atoms with E-state index in [4.69, 9.17) is 0 Å². The van der Waals surface area contributed by atoms with Crippen LogP contribution in [0.25, 0.3) is 11.3 Å². The van der Waals surface area contributed by atoms with Gasteiger partial charge in [0.25, 0.3) is 5.91 Å². The number of rotatable bonds is 4. The molecule has 5 heteroatoms. The topological polar surface area (TPSA) is 54.9 Å². The summed E-state index contributed by atoms with van der Waals surface area (Å²) in [5.41, 5.74) is 3.40. The minimum Gasteiger partial charge on any atom is -0.348 e. The quantitative estimate of drug-likeness (QED) is 0.762. The zero-order valence-electron chi connectivity index (χ0n) is 12.2. The van der Waals surface area contributed by atoms with Crippen LogP contribution in [0.3, 0.4) is 0 Å². The van der Waals surface area contributed by atoms with Crippen LogP contribution >= 0.6 is 15.9 Å². The lowest BCUT2D eigenvalue weighted by atomic mass is 10.1. The van der Waals surface area contributed by atoms with E-state index in [1.165, 1.54) is 0 Å². The van der Waals surface area contributed by atoms with E-state index in [-0.39, 0.29) is 5.91 Å². The van der Waals surface area contributed by atoms with Crippen molar-refractivity contribution >= 4 is 21.8 Å². The third kappa shape index (κ3) is 3.63. The fourth-order valence-electron chi connectivity index (χ4n) is 2.27. The van der Waals surface area contributed by atoms with Crippen LogP contribution < -0.4 is 5.32 Å². The Morgan fingerprint density at radius 2 is 1.78 bits per heavy atom. The van der Waals surface area contributed by atoms with Crippen molar-refractivity contribution in [1.82, 2.24) is 15.3 Å². The average molecular weight is 368 g/mol. The molecule has 114 valence electrons. The summed E-state index contributed by atoms with van der Waals surface area (Å²) in [5, 5.41) is 2.94.